The summed E-state index contributed by atoms with van der Waals surface area (Å²) in [6.07, 6.45) is 2.50. The molecule has 0 aromatic carbocycles. The monoisotopic (exact) mass is 285 g/mol. The van der Waals surface area contributed by atoms with E-state index in [0.717, 1.165) is 25.3 Å². The van der Waals surface area contributed by atoms with E-state index in [1.807, 2.05) is 6.92 Å². The van der Waals surface area contributed by atoms with E-state index in [-0.39, 0.29) is 17.7 Å². The number of hydrogen-bond acceptors (Lipinski definition) is 4. The smallest absolute Gasteiger partial charge is 0.168 e. The highest BCUT2D eigenvalue weighted by atomic mass is 19.1. The van der Waals surface area contributed by atoms with Gasteiger partial charge in [-0.1, -0.05) is 6.92 Å². The van der Waals surface area contributed by atoms with Crippen molar-refractivity contribution in [3.05, 3.63) is 17.7 Å². The molecule has 0 atom stereocenters. The molecule has 0 amide bonds. The van der Waals surface area contributed by atoms with Gasteiger partial charge in [0.15, 0.2) is 23.3 Å². The van der Waals surface area contributed by atoms with E-state index in [9.17, 15) is 8.78 Å². The third-order valence-corrected chi connectivity index (χ3v) is 3.53. The predicted octanol–water partition coefficient (Wildman–Crippen LogP) is 2.80. The maximum absolute atomic E-state index is 14.0. The van der Waals surface area contributed by atoms with Crippen LogP contribution >= 0.6 is 0 Å². The number of nitrogens with zero attached hydrogens (tertiary/aromatic N) is 2. The SMILES string of the molecule is CCCNc1nc(N(C)C2CCOCC2)c(F)cc1F. The maximum atomic E-state index is 14.0. The molecule has 6 heteroatoms. The van der Waals surface area contributed by atoms with Crippen molar-refractivity contribution in [2.24, 2.45) is 0 Å². The summed E-state index contributed by atoms with van der Waals surface area (Å²) in [5, 5.41) is 2.88. The van der Waals surface area contributed by atoms with Gasteiger partial charge in [-0.2, -0.15) is 0 Å². The molecule has 0 unspecified atom stereocenters. The zero-order valence-corrected chi connectivity index (χ0v) is 12.0. The van der Waals surface area contributed by atoms with Crippen molar-refractivity contribution >= 4 is 11.6 Å². The number of halogens is 2. The first-order valence-electron chi connectivity index (χ1n) is 7.04. The lowest BCUT2D eigenvalue weighted by atomic mass is 10.1. The Morgan fingerprint density at radius 2 is 2.05 bits per heavy atom. The van der Waals surface area contributed by atoms with Crippen molar-refractivity contribution in [3.8, 4) is 0 Å². The van der Waals surface area contributed by atoms with Crippen LogP contribution in [0, 0.1) is 11.6 Å². The summed E-state index contributed by atoms with van der Waals surface area (Å²) in [5.74, 6) is -0.974. The first-order chi connectivity index (χ1) is 9.63. The summed E-state index contributed by atoms with van der Waals surface area (Å²) >= 11 is 0. The Labute approximate surface area is 118 Å². The number of hydrogen-bond donors (Lipinski definition) is 1. The minimum absolute atomic E-state index is 0.113. The highest BCUT2D eigenvalue weighted by Crippen LogP contribution is 2.25. The largest absolute Gasteiger partial charge is 0.381 e. The van der Waals surface area contributed by atoms with E-state index < -0.39 is 11.6 Å². The topological polar surface area (TPSA) is 37.4 Å². The normalized spacial score (nSPS) is 16.2. The van der Waals surface area contributed by atoms with Crippen LogP contribution in [0.4, 0.5) is 20.4 Å². The molecule has 0 spiro atoms. The number of pyridine rings is 1. The molecule has 2 rings (SSSR count). The van der Waals surface area contributed by atoms with Crippen molar-refractivity contribution in [3.63, 3.8) is 0 Å². The van der Waals surface area contributed by atoms with Gasteiger partial charge in [0.1, 0.15) is 0 Å². The molecule has 1 saturated heterocycles. The van der Waals surface area contributed by atoms with E-state index in [0.29, 0.717) is 19.8 Å². The first kappa shape index (κ1) is 15.0. The van der Waals surface area contributed by atoms with E-state index in [1.165, 1.54) is 0 Å². The highest BCUT2D eigenvalue weighted by Gasteiger charge is 2.23. The Kier molecular flexibility index (Phi) is 5.11. The zero-order valence-electron chi connectivity index (χ0n) is 12.0. The minimum Gasteiger partial charge on any atom is -0.381 e. The van der Waals surface area contributed by atoms with Crippen molar-refractivity contribution in [1.82, 2.24) is 4.98 Å². The van der Waals surface area contributed by atoms with Crippen LogP contribution in [0.3, 0.4) is 0 Å². The summed E-state index contributed by atoms with van der Waals surface area (Å²) in [4.78, 5) is 5.89. The van der Waals surface area contributed by atoms with E-state index in [1.54, 1.807) is 11.9 Å². The van der Waals surface area contributed by atoms with Gasteiger partial charge in [0.05, 0.1) is 0 Å². The Morgan fingerprint density at radius 1 is 1.35 bits per heavy atom. The number of anilines is 2. The van der Waals surface area contributed by atoms with Crippen LogP contribution in [0.25, 0.3) is 0 Å². The summed E-state index contributed by atoms with van der Waals surface area (Å²) in [6, 6.07) is 1.08. The zero-order chi connectivity index (χ0) is 14.5. The lowest BCUT2D eigenvalue weighted by molar-refractivity contribution is 0.0852. The summed E-state index contributed by atoms with van der Waals surface area (Å²) < 4.78 is 32.9. The molecule has 0 saturated carbocycles. The number of nitrogens with one attached hydrogen (secondary N) is 1. The third-order valence-electron chi connectivity index (χ3n) is 3.53. The second kappa shape index (κ2) is 6.83. The van der Waals surface area contributed by atoms with Crippen LogP contribution in [-0.2, 0) is 4.74 Å². The fourth-order valence-electron chi connectivity index (χ4n) is 2.32. The molecule has 20 heavy (non-hydrogen) atoms. The molecule has 1 aliphatic rings. The van der Waals surface area contributed by atoms with Gasteiger partial charge in [-0.25, -0.2) is 13.8 Å². The Bertz CT molecular complexity index is 450. The standard InChI is InChI=1S/C14H21F2N3O/c1-3-6-17-13-11(15)9-12(16)14(18-13)19(2)10-4-7-20-8-5-10/h9-10H,3-8H2,1-2H3,(H,17,18). The van der Waals surface area contributed by atoms with Gasteiger partial charge in [-0.05, 0) is 19.3 Å². The molecule has 1 aromatic heterocycles. The molecule has 1 aliphatic heterocycles. The highest BCUT2D eigenvalue weighted by molar-refractivity contribution is 5.49. The van der Waals surface area contributed by atoms with E-state index >= 15 is 0 Å². The average molecular weight is 285 g/mol. The van der Waals surface area contributed by atoms with E-state index in [4.69, 9.17) is 4.74 Å². The van der Waals surface area contributed by atoms with Gasteiger partial charge < -0.3 is 15.0 Å². The average Bonchev–Trinajstić information content (AvgIpc) is 2.47. The lowest BCUT2D eigenvalue weighted by Gasteiger charge is -2.32. The van der Waals surface area contributed by atoms with Gasteiger partial charge in [0.2, 0.25) is 0 Å². The molecular formula is C14H21F2N3O. The number of aromatic nitrogens is 1. The molecule has 2 heterocycles. The third kappa shape index (κ3) is 3.36. The summed E-state index contributed by atoms with van der Waals surface area (Å²) in [7, 11) is 1.79. The van der Waals surface area contributed by atoms with Gasteiger partial charge in [-0.15, -0.1) is 0 Å². The Hall–Kier alpha value is -1.43. The molecular weight excluding hydrogens is 264 g/mol. The second-order valence-electron chi connectivity index (χ2n) is 5.01. The molecule has 112 valence electrons. The van der Waals surface area contributed by atoms with Crippen LogP contribution < -0.4 is 10.2 Å². The predicted molar refractivity (Wildman–Crippen MR) is 75.2 cm³/mol. The van der Waals surface area contributed by atoms with E-state index in [2.05, 4.69) is 10.3 Å². The van der Waals surface area contributed by atoms with Crippen molar-refractivity contribution in [2.75, 3.05) is 37.0 Å². The van der Waals surface area contributed by atoms with Crippen LogP contribution in [-0.4, -0.2) is 37.8 Å². The van der Waals surface area contributed by atoms with Gasteiger partial charge >= 0.3 is 0 Å². The Morgan fingerprint density at radius 3 is 2.70 bits per heavy atom. The van der Waals surface area contributed by atoms with Crippen LogP contribution in [0.1, 0.15) is 26.2 Å². The van der Waals surface area contributed by atoms with Gasteiger partial charge in [-0.3, -0.25) is 0 Å². The molecule has 1 fully saturated rings. The van der Waals surface area contributed by atoms with Gasteiger partial charge in [0.25, 0.3) is 0 Å². The quantitative estimate of drug-likeness (QED) is 0.902. The van der Waals surface area contributed by atoms with Crippen molar-refractivity contribution in [1.29, 1.82) is 0 Å². The summed E-state index contributed by atoms with van der Waals surface area (Å²) in [6.45, 7) is 3.91. The number of rotatable bonds is 5. The first-order valence-corrected chi connectivity index (χ1v) is 7.04. The van der Waals surface area contributed by atoms with Crippen LogP contribution in [0.2, 0.25) is 0 Å². The molecule has 0 aliphatic carbocycles. The number of ether oxygens (including phenoxy) is 1. The lowest BCUT2D eigenvalue weighted by Crippen LogP contribution is -2.37. The molecule has 0 radical (unpaired) electrons. The second-order valence-corrected chi connectivity index (χ2v) is 5.01. The fraction of sp³-hybridized carbons (Fsp3) is 0.643. The molecule has 4 nitrogen and oxygen atoms in total. The van der Waals surface area contributed by atoms with Crippen molar-refractivity contribution < 1.29 is 13.5 Å². The van der Waals surface area contributed by atoms with Gasteiger partial charge in [0, 0.05) is 38.9 Å². The minimum atomic E-state index is -0.653. The molecule has 1 N–H and O–H groups in total. The van der Waals surface area contributed by atoms with Crippen LogP contribution in [0.5, 0.6) is 0 Å². The van der Waals surface area contributed by atoms with Crippen molar-refractivity contribution in [2.45, 2.75) is 32.2 Å². The summed E-state index contributed by atoms with van der Waals surface area (Å²) in [5.41, 5.74) is 0. The molecule has 1 aromatic rings. The Balaban J connectivity index is 2.20. The maximum Gasteiger partial charge on any atom is 0.168 e. The molecule has 0 bridgehead atoms. The van der Waals surface area contributed by atoms with Crippen LogP contribution in [0.15, 0.2) is 6.07 Å². The fourth-order valence-corrected chi connectivity index (χ4v) is 2.32.